The molecule has 2 aliphatic heterocycles. The number of allylic oxidation sites excluding steroid dienone is 1. The van der Waals surface area contributed by atoms with Crippen LogP contribution in [-0.4, -0.2) is 53.1 Å². The Hall–Kier alpha value is -2.05. The third-order valence-electron chi connectivity index (χ3n) is 5.74. The normalized spacial score (nSPS) is 32.2. The molecule has 1 saturated carbocycles. The Labute approximate surface area is 173 Å². The number of carbonyl (C=O) groups is 3. The van der Waals surface area contributed by atoms with E-state index < -0.39 is 23.8 Å². The van der Waals surface area contributed by atoms with Gasteiger partial charge in [-0.25, -0.2) is 4.79 Å². The van der Waals surface area contributed by atoms with Crippen LogP contribution in [0.4, 0.5) is 4.79 Å². The number of hydrogen-bond acceptors (Lipinski definition) is 4. The van der Waals surface area contributed by atoms with Crippen molar-refractivity contribution in [2.24, 2.45) is 5.92 Å². The molecule has 3 aliphatic rings. The summed E-state index contributed by atoms with van der Waals surface area (Å²) < 4.78 is 5.36. The molecule has 2 N–H and O–H groups in total. The van der Waals surface area contributed by atoms with Crippen molar-refractivity contribution in [2.45, 2.75) is 95.9 Å². The zero-order chi connectivity index (χ0) is 21.0. The Balaban J connectivity index is 1.71. The van der Waals surface area contributed by atoms with Crippen molar-refractivity contribution in [3.05, 3.63) is 12.2 Å². The maximum absolute atomic E-state index is 13.3. The van der Waals surface area contributed by atoms with Gasteiger partial charge in [-0.05, 0) is 65.2 Å². The quantitative estimate of drug-likeness (QED) is 0.657. The van der Waals surface area contributed by atoms with Gasteiger partial charge in [-0.2, -0.15) is 0 Å². The minimum atomic E-state index is -0.660. The first-order valence-corrected chi connectivity index (χ1v) is 11.0. The molecule has 1 saturated heterocycles. The van der Waals surface area contributed by atoms with E-state index in [0.717, 1.165) is 38.5 Å². The standard InChI is InChI=1S/C22H35N3O4/c1-22(2,3)29-21(28)24-16-11-8-6-4-5-7-10-15-14-17(15)23-19(26)18-12-9-13-25(18)20(16)27/h7,10,15-18H,4-6,8-9,11-14H2,1-3H3,(H,23,26)(H,24,28)/b10-7-/t15-,16+,17?,18?/m1/s1. The predicted octanol–water partition coefficient (Wildman–Crippen LogP) is 2.90. The van der Waals surface area contributed by atoms with Crippen LogP contribution in [0.15, 0.2) is 12.2 Å². The van der Waals surface area contributed by atoms with Crippen molar-refractivity contribution >= 4 is 17.9 Å². The van der Waals surface area contributed by atoms with Crippen LogP contribution in [0, 0.1) is 5.92 Å². The minimum Gasteiger partial charge on any atom is -0.444 e. The van der Waals surface area contributed by atoms with Crippen LogP contribution in [0.3, 0.4) is 0 Å². The van der Waals surface area contributed by atoms with Gasteiger partial charge >= 0.3 is 6.09 Å². The second kappa shape index (κ2) is 9.18. The van der Waals surface area contributed by atoms with Crippen molar-refractivity contribution in [1.29, 1.82) is 0 Å². The van der Waals surface area contributed by atoms with Crippen molar-refractivity contribution in [2.75, 3.05) is 6.54 Å². The molecule has 3 amide bonds. The number of carbonyl (C=O) groups excluding carboxylic acids is 3. The van der Waals surface area contributed by atoms with E-state index in [1.807, 2.05) is 0 Å². The average Bonchev–Trinajstić information content (AvgIpc) is 3.15. The zero-order valence-corrected chi connectivity index (χ0v) is 17.9. The number of nitrogens with one attached hydrogen (secondary N) is 2. The highest BCUT2D eigenvalue weighted by Crippen LogP contribution is 2.33. The minimum absolute atomic E-state index is 0.0670. The molecule has 0 aromatic carbocycles. The monoisotopic (exact) mass is 405 g/mol. The van der Waals surface area contributed by atoms with E-state index in [-0.39, 0.29) is 17.9 Å². The molecule has 0 aromatic rings. The van der Waals surface area contributed by atoms with Gasteiger partial charge in [0.2, 0.25) is 11.8 Å². The number of amides is 3. The molecule has 0 aromatic heterocycles. The second-order valence-corrected chi connectivity index (χ2v) is 9.47. The van der Waals surface area contributed by atoms with Gasteiger partial charge in [0.15, 0.2) is 0 Å². The third-order valence-corrected chi connectivity index (χ3v) is 5.74. The molecule has 7 heteroatoms. The number of alkyl carbamates (subject to hydrolysis) is 1. The Morgan fingerprint density at radius 3 is 2.72 bits per heavy atom. The highest BCUT2D eigenvalue weighted by atomic mass is 16.6. The Morgan fingerprint density at radius 1 is 1.17 bits per heavy atom. The fraction of sp³-hybridized carbons (Fsp3) is 0.773. The van der Waals surface area contributed by atoms with Gasteiger partial charge in [0.25, 0.3) is 0 Å². The molecule has 162 valence electrons. The van der Waals surface area contributed by atoms with Crippen LogP contribution in [0.5, 0.6) is 0 Å². The molecule has 2 heterocycles. The van der Waals surface area contributed by atoms with E-state index in [9.17, 15) is 14.4 Å². The van der Waals surface area contributed by atoms with E-state index in [1.165, 1.54) is 0 Å². The number of rotatable bonds is 1. The second-order valence-electron chi connectivity index (χ2n) is 9.47. The maximum atomic E-state index is 13.3. The molecule has 29 heavy (non-hydrogen) atoms. The first kappa shape index (κ1) is 21.7. The van der Waals surface area contributed by atoms with Crippen molar-refractivity contribution in [3.8, 4) is 0 Å². The number of hydrogen-bond donors (Lipinski definition) is 2. The molecule has 0 radical (unpaired) electrons. The van der Waals surface area contributed by atoms with E-state index in [2.05, 4.69) is 22.8 Å². The van der Waals surface area contributed by atoms with Gasteiger partial charge in [0.1, 0.15) is 17.7 Å². The number of fused-ring (bicyclic) bond motifs is 2. The first-order chi connectivity index (χ1) is 13.7. The van der Waals surface area contributed by atoms with Crippen LogP contribution in [0.2, 0.25) is 0 Å². The van der Waals surface area contributed by atoms with Crippen LogP contribution in [-0.2, 0) is 14.3 Å². The summed E-state index contributed by atoms with van der Waals surface area (Å²) in [6.45, 7) is 5.94. The Morgan fingerprint density at radius 2 is 1.97 bits per heavy atom. The molecular formula is C22H35N3O4. The van der Waals surface area contributed by atoms with Gasteiger partial charge in [0, 0.05) is 12.6 Å². The molecule has 1 aliphatic carbocycles. The van der Waals surface area contributed by atoms with E-state index in [0.29, 0.717) is 25.3 Å². The van der Waals surface area contributed by atoms with Crippen LogP contribution < -0.4 is 10.6 Å². The van der Waals surface area contributed by atoms with Crippen LogP contribution in [0.25, 0.3) is 0 Å². The molecule has 3 rings (SSSR count). The molecule has 0 bridgehead atoms. The summed E-state index contributed by atoms with van der Waals surface area (Å²) in [4.78, 5) is 40.0. The van der Waals surface area contributed by atoms with Crippen LogP contribution in [0.1, 0.15) is 72.1 Å². The molecule has 4 atom stereocenters. The fourth-order valence-electron chi connectivity index (χ4n) is 4.14. The molecule has 7 nitrogen and oxygen atoms in total. The molecule has 2 fully saturated rings. The average molecular weight is 406 g/mol. The predicted molar refractivity (Wildman–Crippen MR) is 110 cm³/mol. The summed E-state index contributed by atoms with van der Waals surface area (Å²) >= 11 is 0. The smallest absolute Gasteiger partial charge is 0.408 e. The van der Waals surface area contributed by atoms with Gasteiger partial charge in [-0.15, -0.1) is 0 Å². The van der Waals surface area contributed by atoms with E-state index >= 15 is 0 Å². The largest absolute Gasteiger partial charge is 0.444 e. The fourth-order valence-corrected chi connectivity index (χ4v) is 4.14. The summed E-state index contributed by atoms with van der Waals surface area (Å²) in [5.41, 5.74) is -0.629. The highest BCUT2D eigenvalue weighted by molar-refractivity contribution is 5.92. The van der Waals surface area contributed by atoms with E-state index in [1.54, 1.807) is 25.7 Å². The summed E-state index contributed by atoms with van der Waals surface area (Å²) in [7, 11) is 0. The molecular weight excluding hydrogens is 370 g/mol. The first-order valence-electron chi connectivity index (χ1n) is 11.0. The van der Waals surface area contributed by atoms with Gasteiger partial charge < -0.3 is 20.3 Å². The number of ether oxygens (including phenoxy) is 1. The lowest BCUT2D eigenvalue weighted by molar-refractivity contribution is -0.140. The van der Waals surface area contributed by atoms with Gasteiger partial charge in [0.05, 0.1) is 0 Å². The highest BCUT2D eigenvalue weighted by Gasteiger charge is 2.42. The van der Waals surface area contributed by atoms with Crippen molar-refractivity contribution in [3.63, 3.8) is 0 Å². The molecule has 2 unspecified atom stereocenters. The summed E-state index contributed by atoms with van der Waals surface area (Å²) in [6.07, 6.45) is 10.7. The topological polar surface area (TPSA) is 87.7 Å². The van der Waals surface area contributed by atoms with Crippen molar-refractivity contribution < 1.29 is 19.1 Å². The zero-order valence-electron chi connectivity index (χ0n) is 17.9. The summed E-state index contributed by atoms with van der Waals surface area (Å²) in [6, 6.07) is -0.912. The summed E-state index contributed by atoms with van der Waals surface area (Å²) in [5.74, 6) is 0.188. The van der Waals surface area contributed by atoms with E-state index in [4.69, 9.17) is 4.74 Å². The van der Waals surface area contributed by atoms with Gasteiger partial charge in [-0.1, -0.05) is 25.0 Å². The van der Waals surface area contributed by atoms with Crippen LogP contribution >= 0.6 is 0 Å². The Bertz CT molecular complexity index is 655. The summed E-state index contributed by atoms with van der Waals surface area (Å²) in [5, 5.41) is 5.87. The SMILES string of the molecule is CC(C)(C)OC(=O)N[C@H]1CCCCC/C=C\[C@@H]2CC2NC(=O)C2CCCN2C1=O. The lowest BCUT2D eigenvalue weighted by Gasteiger charge is -2.29. The number of nitrogens with zero attached hydrogens (tertiary/aromatic N) is 1. The third kappa shape index (κ3) is 6.21. The molecule has 0 spiro atoms. The maximum Gasteiger partial charge on any atom is 0.408 e. The lowest BCUT2D eigenvalue weighted by Crippen LogP contribution is -2.54. The van der Waals surface area contributed by atoms with Crippen molar-refractivity contribution in [1.82, 2.24) is 15.5 Å². The van der Waals surface area contributed by atoms with Gasteiger partial charge in [-0.3, -0.25) is 9.59 Å². The Kier molecular flexibility index (Phi) is 6.85. The lowest BCUT2D eigenvalue weighted by atomic mass is 10.0.